The molecule has 2 unspecified atom stereocenters. The third kappa shape index (κ3) is 11.1. The lowest BCUT2D eigenvalue weighted by molar-refractivity contribution is -0.199. The molecule has 4 heterocycles. The van der Waals surface area contributed by atoms with Gasteiger partial charge in [-0.3, -0.25) is 9.59 Å². The first-order chi connectivity index (χ1) is 31.8. The van der Waals surface area contributed by atoms with Crippen LogP contribution < -0.4 is 21.3 Å². The molecular formula is C46H47ClF6N10O4. The highest BCUT2D eigenvalue weighted by Gasteiger charge is 2.39. The Balaban J connectivity index is 0.000000184. The Morgan fingerprint density at radius 2 is 1.19 bits per heavy atom. The van der Waals surface area contributed by atoms with Gasteiger partial charge in [0.15, 0.2) is 28.7 Å². The zero-order valence-corrected chi connectivity index (χ0v) is 37.0. The number of amides is 2. The second kappa shape index (κ2) is 19.2. The standard InChI is InChI=1S/C26H28F3N5O2.C20H19ClF3N5O2/c1-15-11-17(7-10-19(15)25(36)32-18-8-9-18)22-13-31-24-21(30-14-23(35)26(27,28)29)12-20(33-34(22)24)16-5-3-2-4-6-16;1-10-6-11(2-5-13(10)19(31)27-12-3-4-12)15-8-26-18-14(7-17(21)28-29(15)18)25-9-16(30)20(22,23)24/h5,7,10-13,18,23,30,35H,2-4,6,8-9,14H2,1H3,(H,32,36);2,5-8,12,16,25,30H,3-4,9H2,1H3,(H,27,31). The molecule has 2 saturated carbocycles. The number of allylic oxidation sites excluding steroid dienone is 2. The number of alkyl halides is 6. The van der Waals surface area contributed by atoms with Crippen LogP contribution in [0.5, 0.6) is 0 Å². The van der Waals surface area contributed by atoms with Crippen LogP contribution in [0.2, 0.25) is 5.15 Å². The normalized spacial score (nSPS) is 16.2. The second-order valence-electron chi connectivity index (χ2n) is 17.0. The van der Waals surface area contributed by atoms with Crippen molar-refractivity contribution < 1.29 is 46.1 Å². The third-order valence-corrected chi connectivity index (χ3v) is 11.8. The number of nitrogens with one attached hydrogen (secondary N) is 4. The lowest BCUT2D eigenvalue weighted by atomic mass is 9.97. The Morgan fingerprint density at radius 1 is 0.716 bits per heavy atom. The third-order valence-electron chi connectivity index (χ3n) is 11.6. The van der Waals surface area contributed by atoms with E-state index in [0.717, 1.165) is 73.6 Å². The number of hydrogen-bond donors (Lipinski definition) is 6. The fourth-order valence-electron chi connectivity index (χ4n) is 7.57. The summed E-state index contributed by atoms with van der Waals surface area (Å²) in [7, 11) is 0. The van der Waals surface area contributed by atoms with Crippen LogP contribution in [-0.2, 0) is 0 Å². The first kappa shape index (κ1) is 47.3. The molecule has 0 aliphatic heterocycles. The van der Waals surface area contributed by atoms with Crippen LogP contribution in [0.1, 0.15) is 88.9 Å². The zero-order chi connectivity index (χ0) is 47.8. The topological polar surface area (TPSA) is 183 Å². The van der Waals surface area contributed by atoms with Gasteiger partial charge in [0.25, 0.3) is 11.8 Å². The van der Waals surface area contributed by atoms with Gasteiger partial charge in [0.2, 0.25) is 0 Å². The van der Waals surface area contributed by atoms with Gasteiger partial charge in [0.1, 0.15) is 0 Å². The van der Waals surface area contributed by atoms with Gasteiger partial charge >= 0.3 is 12.4 Å². The lowest BCUT2D eigenvalue weighted by Gasteiger charge is -2.18. The van der Waals surface area contributed by atoms with Crippen molar-refractivity contribution in [3.8, 4) is 22.5 Å². The van der Waals surface area contributed by atoms with Gasteiger partial charge in [-0.1, -0.05) is 29.8 Å². The molecule has 21 heteroatoms. The number of nitrogens with zero attached hydrogens (tertiary/aromatic N) is 6. The van der Waals surface area contributed by atoms with Gasteiger partial charge in [-0.2, -0.15) is 36.5 Å². The molecule has 0 saturated heterocycles. The van der Waals surface area contributed by atoms with Crippen LogP contribution in [-0.4, -0.2) is 101 Å². The van der Waals surface area contributed by atoms with Crippen molar-refractivity contribution in [1.82, 2.24) is 39.8 Å². The fraction of sp³-hybridized carbons (Fsp3) is 0.391. The maximum Gasteiger partial charge on any atom is 0.416 e. The van der Waals surface area contributed by atoms with E-state index in [-0.39, 0.29) is 40.4 Å². The average Bonchev–Trinajstić information content (AvgIpc) is 4.20. The summed E-state index contributed by atoms with van der Waals surface area (Å²) in [5.74, 6) is -0.223. The number of carbonyl (C=O) groups is 2. The summed E-state index contributed by atoms with van der Waals surface area (Å²) < 4.78 is 79.5. The Morgan fingerprint density at radius 3 is 1.63 bits per heavy atom. The number of anilines is 2. The molecule has 2 aromatic carbocycles. The molecule has 6 aromatic rings. The van der Waals surface area contributed by atoms with E-state index in [1.807, 2.05) is 32.0 Å². The number of imidazole rings is 2. The van der Waals surface area contributed by atoms with Gasteiger partial charge < -0.3 is 31.5 Å². The molecule has 3 aliphatic carbocycles. The number of fused-ring (bicyclic) bond motifs is 2. The molecule has 67 heavy (non-hydrogen) atoms. The lowest BCUT2D eigenvalue weighted by Crippen LogP contribution is -2.35. The molecule has 2 fully saturated rings. The van der Waals surface area contributed by atoms with Gasteiger partial charge in [-0.25, -0.2) is 19.0 Å². The molecule has 2 atom stereocenters. The number of halogens is 7. The van der Waals surface area contributed by atoms with E-state index in [2.05, 4.69) is 42.4 Å². The zero-order valence-electron chi connectivity index (χ0n) is 36.3. The number of aryl methyl sites for hydroxylation is 2. The van der Waals surface area contributed by atoms with Gasteiger partial charge in [-0.05, 0) is 112 Å². The smallest absolute Gasteiger partial charge is 0.382 e. The minimum atomic E-state index is -4.74. The number of rotatable bonds is 13. The van der Waals surface area contributed by atoms with Gasteiger partial charge in [0.05, 0.1) is 40.9 Å². The second-order valence-corrected chi connectivity index (χ2v) is 17.4. The maximum absolute atomic E-state index is 12.9. The van der Waals surface area contributed by atoms with Crippen LogP contribution in [0.3, 0.4) is 0 Å². The Labute approximate surface area is 384 Å². The van der Waals surface area contributed by atoms with Gasteiger partial charge in [-0.15, -0.1) is 0 Å². The summed E-state index contributed by atoms with van der Waals surface area (Å²) in [6, 6.07) is 14.3. The molecule has 6 N–H and O–H groups in total. The maximum atomic E-state index is 12.9. The van der Waals surface area contributed by atoms with Crippen molar-refractivity contribution in [2.45, 2.75) is 102 Å². The SMILES string of the molecule is Cc1cc(-c2cnc3c(NCC(O)C(F)(F)F)cc(C4=CCCCC4)nn23)ccc1C(=O)NC1CC1.Cc1cc(-c2cnc3c(NCC(O)C(F)(F)F)cc(Cl)nn23)ccc1C(=O)NC1CC1. The number of aliphatic hydroxyl groups excluding tert-OH is 2. The number of benzene rings is 2. The minimum Gasteiger partial charge on any atom is -0.382 e. The fourth-order valence-corrected chi connectivity index (χ4v) is 7.76. The molecule has 9 rings (SSSR count). The summed E-state index contributed by atoms with van der Waals surface area (Å²) >= 11 is 6.06. The Kier molecular flexibility index (Phi) is 13.5. The van der Waals surface area contributed by atoms with E-state index >= 15 is 0 Å². The highest BCUT2D eigenvalue weighted by Crippen LogP contribution is 2.33. The van der Waals surface area contributed by atoms with Crippen molar-refractivity contribution in [3.05, 3.63) is 100 Å². The Bertz CT molecular complexity index is 2850. The van der Waals surface area contributed by atoms with Gasteiger partial charge in [0, 0.05) is 53.5 Å². The summed E-state index contributed by atoms with van der Waals surface area (Å²) in [6.45, 7) is 2.23. The van der Waals surface area contributed by atoms with E-state index in [0.29, 0.717) is 45.1 Å². The molecule has 3 aliphatic rings. The summed E-state index contributed by atoms with van der Waals surface area (Å²) in [6.07, 6.45) is -1.41. The van der Waals surface area contributed by atoms with E-state index in [1.165, 1.54) is 16.8 Å². The van der Waals surface area contributed by atoms with Crippen molar-refractivity contribution in [2.75, 3.05) is 23.7 Å². The summed E-state index contributed by atoms with van der Waals surface area (Å²) in [4.78, 5) is 33.6. The largest absolute Gasteiger partial charge is 0.416 e. The molecule has 0 bridgehead atoms. The highest BCUT2D eigenvalue weighted by atomic mass is 35.5. The molecular weight excluding hydrogens is 906 g/mol. The Hall–Kier alpha value is -6.25. The molecule has 0 spiro atoms. The minimum absolute atomic E-state index is 0.0351. The molecule has 2 amide bonds. The van der Waals surface area contributed by atoms with Crippen molar-refractivity contribution in [1.29, 1.82) is 0 Å². The summed E-state index contributed by atoms with van der Waals surface area (Å²) in [5.41, 5.74) is 8.29. The van der Waals surface area contributed by atoms with Crippen molar-refractivity contribution >= 4 is 51.7 Å². The monoisotopic (exact) mass is 952 g/mol. The van der Waals surface area contributed by atoms with Crippen molar-refractivity contribution in [3.63, 3.8) is 0 Å². The van der Waals surface area contributed by atoms with Crippen LogP contribution in [0.25, 0.3) is 39.4 Å². The number of aromatic nitrogens is 6. The predicted octanol–water partition coefficient (Wildman–Crippen LogP) is 8.47. The quantitative estimate of drug-likeness (QED) is 0.0615. The number of aliphatic hydroxyl groups is 2. The van der Waals surface area contributed by atoms with E-state index in [4.69, 9.17) is 16.7 Å². The summed E-state index contributed by atoms with van der Waals surface area (Å²) in [5, 5.41) is 39.0. The molecule has 14 nitrogen and oxygen atoms in total. The van der Waals surface area contributed by atoms with E-state index in [1.54, 1.807) is 35.0 Å². The van der Waals surface area contributed by atoms with E-state index < -0.39 is 37.7 Å². The molecule has 354 valence electrons. The van der Waals surface area contributed by atoms with Crippen LogP contribution >= 0.6 is 11.6 Å². The molecule has 0 radical (unpaired) electrons. The first-order valence-corrected chi connectivity index (χ1v) is 22.2. The predicted molar refractivity (Wildman–Crippen MR) is 240 cm³/mol. The van der Waals surface area contributed by atoms with Crippen LogP contribution in [0.4, 0.5) is 37.7 Å². The average molecular weight is 953 g/mol. The van der Waals surface area contributed by atoms with Crippen LogP contribution in [0, 0.1) is 13.8 Å². The first-order valence-electron chi connectivity index (χ1n) is 21.8. The number of carbonyl (C=O) groups excluding carboxylic acids is 2. The van der Waals surface area contributed by atoms with Crippen LogP contribution in [0.15, 0.2) is 67.0 Å². The van der Waals surface area contributed by atoms with E-state index in [9.17, 15) is 46.1 Å². The number of hydrogen-bond acceptors (Lipinski definition) is 10. The van der Waals surface area contributed by atoms with Crippen molar-refractivity contribution in [2.24, 2.45) is 0 Å². The molecule has 4 aromatic heterocycles. The highest BCUT2D eigenvalue weighted by molar-refractivity contribution is 6.29.